The molecule has 2 unspecified atom stereocenters. The van der Waals surface area contributed by atoms with Crippen molar-refractivity contribution in [3.8, 4) is 5.75 Å². The van der Waals surface area contributed by atoms with Crippen molar-refractivity contribution in [1.82, 2.24) is 0 Å². The lowest BCUT2D eigenvalue weighted by molar-refractivity contribution is -0.609. The third-order valence-corrected chi connectivity index (χ3v) is 3.63. The highest BCUT2D eigenvalue weighted by molar-refractivity contribution is 7.46. The molecule has 0 radical (unpaired) electrons. The Labute approximate surface area is 124 Å². The van der Waals surface area contributed by atoms with Crippen molar-refractivity contribution in [2.75, 3.05) is 6.61 Å². The van der Waals surface area contributed by atoms with E-state index in [0.717, 1.165) is 5.69 Å². The summed E-state index contributed by atoms with van der Waals surface area (Å²) in [6.45, 7) is 1.93. The van der Waals surface area contributed by atoms with Crippen LogP contribution in [-0.2, 0) is 9.09 Å². The number of para-hydroxylation sites is 2. The number of nitrogens with two attached hydrogens (primary N) is 1. The molecule has 0 spiro atoms. The summed E-state index contributed by atoms with van der Waals surface area (Å²) in [4.78, 5) is 11.7. The van der Waals surface area contributed by atoms with Gasteiger partial charge in [0.25, 0.3) is 0 Å². The van der Waals surface area contributed by atoms with Gasteiger partial charge in [-0.15, -0.1) is 0 Å². The van der Waals surface area contributed by atoms with E-state index in [-0.39, 0.29) is 18.4 Å². The Balaban J connectivity index is 1.82. The lowest BCUT2D eigenvalue weighted by atomic mass is 10.3. The van der Waals surface area contributed by atoms with Crippen LogP contribution in [0.1, 0.15) is 6.92 Å². The maximum absolute atomic E-state index is 11.7. The van der Waals surface area contributed by atoms with E-state index in [1.165, 1.54) is 0 Å². The van der Waals surface area contributed by atoms with Crippen LogP contribution in [0.25, 0.3) is 0 Å². The average Bonchev–Trinajstić information content (AvgIpc) is 2.47. The minimum Gasteiger partial charge on any atom is -0.746 e. The van der Waals surface area contributed by atoms with Crippen LogP contribution in [0.15, 0.2) is 60.7 Å². The summed E-state index contributed by atoms with van der Waals surface area (Å²) in [7, 11) is -4.34. The Bertz CT molecular complexity index is 591. The highest BCUT2D eigenvalue weighted by Crippen LogP contribution is 2.39. The molecule has 0 aromatic heterocycles. The minimum absolute atomic E-state index is 0.0442. The third kappa shape index (κ3) is 5.69. The molecule has 0 aliphatic carbocycles. The van der Waals surface area contributed by atoms with E-state index < -0.39 is 7.82 Å². The summed E-state index contributed by atoms with van der Waals surface area (Å²) >= 11 is 0. The molecule has 0 amide bonds. The molecule has 0 bridgehead atoms. The van der Waals surface area contributed by atoms with Crippen LogP contribution in [0.3, 0.4) is 0 Å². The summed E-state index contributed by atoms with van der Waals surface area (Å²) in [6, 6.07) is 17.9. The van der Waals surface area contributed by atoms with Gasteiger partial charge >= 0.3 is 7.82 Å². The topological polar surface area (TPSA) is 75.2 Å². The van der Waals surface area contributed by atoms with E-state index in [1.54, 1.807) is 30.3 Å². The smallest absolute Gasteiger partial charge is 0.319 e. The first kappa shape index (κ1) is 15.7. The summed E-state index contributed by atoms with van der Waals surface area (Å²) < 4.78 is 21.5. The minimum atomic E-state index is -4.34. The molecule has 6 heteroatoms. The molecule has 112 valence electrons. The Hall–Kier alpha value is -1.65. The number of quaternary nitrogens is 1. The molecule has 21 heavy (non-hydrogen) atoms. The predicted molar refractivity (Wildman–Crippen MR) is 78.1 cm³/mol. The molecular formula is C15H18NO4P. The van der Waals surface area contributed by atoms with Crippen LogP contribution < -0.4 is 14.7 Å². The zero-order chi connectivity index (χ0) is 15.1. The van der Waals surface area contributed by atoms with Gasteiger partial charge in [-0.1, -0.05) is 36.4 Å². The lowest BCUT2D eigenvalue weighted by Crippen LogP contribution is -2.84. The molecule has 0 fully saturated rings. The third-order valence-electron chi connectivity index (χ3n) is 2.73. The lowest BCUT2D eigenvalue weighted by Gasteiger charge is -2.24. The van der Waals surface area contributed by atoms with Crippen LogP contribution >= 0.6 is 7.82 Å². The van der Waals surface area contributed by atoms with Gasteiger partial charge in [-0.3, -0.25) is 4.57 Å². The molecule has 2 N–H and O–H groups in total. The molecule has 5 nitrogen and oxygen atoms in total. The molecule has 2 aromatic rings. The van der Waals surface area contributed by atoms with Crippen LogP contribution in [0.2, 0.25) is 0 Å². The van der Waals surface area contributed by atoms with Gasteiger partial charge in [0, 0.05) is 0 Å². The van der Waals surface area contributed by atoms with Crippen molar-refractivity contribution in [1.29, 1.82) is 0 Å². The fourth-order valence-corrected chi connectivity index (χ4v) is 2.64. The molecule has 2 aromatic carbocycles. The van der Waals surface area contributed by atoms with Gasteiger partial charge < -0.3 is 19.3 Å². The van der Waals surface area contributed by atoms with E-state index >= 15 is 0 Å². The monoisotopic (exact) mass is 307 g/mol. The van der Waals surface area contributed by atoms with Gasteiger partial charge in [-0.25, -0.2) is 0 Å². The van der Waals surface area contributed by atoms with Gasteiger partial charge in [0.05, 0.1) is 0 Å². The Morgan fingerprint density at radius 3 is 2.29 bits per heavy atom. The van der Waals surface area contributed by atoms with Crippen molar-refractivity contribution in [3.63, 3.8) is 0 Å². The van der Waals surface area contributed by atoms with Crippen molar-refractivity contribution in [2.24, 2.45) is 0 Å². The summed E-state index contributed by atoms with van der Waals surface area (Å²) in [5.41, 5.74) is 1.03. The Kier molecular flexibility index (Phi) is 5.53. The average molecular weight is 307 g/mol. The summed E-state index contributed by atoms with van der Waals surface area (Å²) in [5.74, 6) is 0.246. The second kappa shape index (κ2) is 7.38. The van der Waals surface area contributed by atoms with Gasteiger partial charge in [-0.2, -0.15) is 0 Å². The predicted octanol–water partition coefficient (Wildman–Crippen LogP) is 1.83. The van der Waals surface area contributed by atoms with Gasteiger partial charge in [-0.05, 0) is 31.2 Å². The number of phosphoric acid groups is 1. The second-order valence-corrected chi connectivity index (χ2v) is 6.04. The zero-order valence-electron chi connectivity index (χ0n) is 11.7. The molecule has 2 rings (SSSR count). The molecule has 0 saturated heterocycles. The SMILES string of the molecule is CC(COP(=O)([O-])Oc1ccccc1)[NH2+]c1ccccc1. The molecular weight excluding hydrogens is 289 g/mol. The molecule has 0 aliphatic rings. The number of rotatable bonds is 7. The first-order valence-electron chi connectivity index (χ1n) is 6.65. The fraction of sp³-hybridized carbons (Fsp3) is 0.200. The van der Waals surface area contributed by atoms with Crippen molar-refractivity contribution >= 4 is 13.5 Å². The second-order valence-electron chi connectivity index (χ2n) is 4.70. The quantitative estimate of drug-likeness (QED) is 0.625. The Morgan fingerprint density at radius 2 is 1.67 bits per heavy atom. The van der Waals surface area contributed by atoms with E-state index in [2.05, 4.69) is 0 Å². The maximum Gasteiger partial charge on any atom is 0.319 e. The van der Waals surface area contributed by atoms with Gasteiger partial charge in [0.2, 0.25) is 0 Å². The highest BCUT2D eigenvalue weighted by Gasteiger charge is 2.15. The van der Waals surface area contributed by atoms with E-state index in [4.69, 9.17) is 9.05 Å². The van der Waals surface area contributed by atoms with E-state index in [0.29, 0.717) is 0 Å². The molecule has 0 aliphatic heterocycles. The van der Waals surface area contributed by atoms with E-state index in [1.807, 2.05) is 42.6 Å². The fourth-order valence-electron chi connectivity index (χ4n) is 1.79. The first-order chi connectivity index (χ1) is 10.1. The standard InChI is InChI=1S/C15H18NO4P/c1-13(16-14-8-4-2-5-9-14)12-19-21(17,18)20-15-10-6-3-7-11-15/h2-11,13,16H,12H2,1H3,(H,17,18). The molecule has 0 heterocycles. The van der Waals surface area contributed by atoms with Crippen LogP contribution in [0.5, 0.6) is 5.75 Å². The molecule has 2 atom stereocenters. The Morgan fingerprint density at radius 1 is 1.10 bits per heavy atom. The number of hydrogen-bond donors (Lipinski definition) is 1. The van der Waals surface area contributed by atoms with Gasteiger partial charge in [0.1, 0.15) is 24.1 Å². The zero-order valence-corrected chi connectivity index (χ0v) is 12.6. The van der Waals surface area contributed by atoms with Crippen LogP contribution in [0.4, 0.5) is 5.69 Å². The number of hydrogen-bond acceptors (Lipinski definition) is 4. The normalized spacial score (nSPS) is 15.1. The number of benzene rings is 2. The summed E-state index contributed by atoms with van der Waals surface area (Å²) in [5, 5.41) is 1.95. The summed E-state index contributed by atoms with van der Waals surface area (Å²) in [6.07, 6.45) is 0. The van der Waals surface area contributed by atoms with Crippen molar-refractivity contribution < 1.29 is 23.8 Å². The maximum atomic E-state index is 11.7. The van der Waals surface area contributed by atoms with Crippen molar-refractivity contribution in [2.45, 2.75) is 13.0 Å². The highest BCUT2D eigenvalue weighted by atomic mass is 31.2. The van der Waals surface area contributed by atoms with Gasteiger partial charge in [0.15, 0.2) is 0 Å². The molecule has 0 saturated carbocycles. The van der Waals surface area contributed by atoms with Crippen LogP contribution in [-0.4, -0.2) is 12.6 Å². The van der Waals surface area contributed by atoms with Crippen LogP contribution in [0, 0.1) is 0 Å². The van der Waals surface area contributed by atoms with Crippen molar-refractivity contribution in [3.05, 3.63) is 60.7 Å². The largest absolute Gasteiger partial charge is 0.746 e. The first-order valence-corrected chi connectivity index (χ1v) is 8.11. The number of phosphoric ester groups is 1. The van der Waals surface area contributed by atoms with E-state index in [9.17, 15) is 9.46 Å².